The van der Waals surface area contributed by atoms with Gasteiger partial charge in [-0.3, -0.25) is 4.79 Å². The van der Waals surface area contributed by atoms with Crippen LogP contribution in [-0.2, 0) is 17.6 Å². The molecule has 2 rings (SSSR count). The third kappa shape index (κ3) is 3.58. The van der Waals surface area contributed by atoms with Crippen LogP contribution in [0, 0.1) is 11.8 Å². The first-order chi connectivity index (χ1) is 8.19. The van der Waals surface area contributed by atoms with Crippen LogP contribution in [0.4, 0.5) is 0 Å². The van der Waals surface area contributed by atoms with Crippen LogP contribution in [-0.4, -0.2) is 11.1 Å². The van der Waals surface area contributed by atoms with Crippen LogP contribution in [0.2, 0.25) is 0 Å². The lowest BCUT2D eigenvalue weighted by Crippen LogP contribution is -2.12. The minimum atomic E-state index is -0.660. The van der Waals surface area contributed by atoms with Crippen molar-refractivity contribution < 1.29 is 9.90 Å². The molecule has 1 atom stereocenters. The molecule has 1 aliphatic rings. The van der Waals surface area contributed by atoms with Gasteiger partial charge in [0.1, 0.15) is 0 Å². The van der Waals surface area contributed by atoms with E-state index < -0.39 is 5.97 Å². The van der Waals surface area contributed by atoms with Crippen molar-refractivity contribution in [2.24, 2.45) is 11.8 Å². The SMILES string of the molecule is CCc1ccc(CC(CC(=O)O)C2CC2)cc1. The number of rotatable bonds is 6. The monoisotopic (exact) mass is 232 g/mol. The summed E-state index contributed by atoms with van der Waals surface area (Å²) in [6.45, 7) is 2.15. The Bertz CT molecular complexity index is 376. The van der Waals surface area contributed by atoms with Crippen molar-refractivity contribution in [1.82, 2.24) is 0 Å². The van der Waals surface area contributed by atoms with Gasteiger partial charge in [-0.15, -0.1) is 0 Å². The smallest absolute Gasteiger partial charge is 0.303 e. The van der Waals surface area contributed by atoms with Gasteiger partial charge in [0.25, 0.3) is 0 Å². The highest BCUT2D eigenvalue weighted by atomic mass is 16.4. The fourth-order valence-electron chi connectivity index (χ4n) is 2.41. The van der Waals surface area contributed by atoms with Crippen molar-refractivity contribution in [2.75, 3.05) is 0 Å². The zero-order valence-corrected chi connectivity index (χ0v) is 10.4. The first-order valence-corrected chi connectivity index (χ1v) is 6.48. The molecule has 17 heavy (non-hydrogen) atoms. The number of hydrogen-bond acceptors (Lipinski definition) is 1. The fourth-order valence-corrected chi connectivity index (χ4v) is 2.41. The van der Waals surface area contributed by atoms with E-state index in [-0.39, 0.29) is 0 Å². The van der Waals surface area contributed by atoms with Crippen LogP contribution < -0.4 is 0 Å². The second-order valence-electron chi connectivity index (χ2n) is 5.07. The van der Waals surface area contributed by atoms with E-state index in [0.29, 0.717) is 18.3 Å². The van der Waals surface area contributed by atoms with Gasteiger partial charge in [0.2, 0.25) is 0 Å². The molecule has 92 valence electrons. The average molecular weight is 232 g/mol. The summed E-state index contributed by atoms with van der Waals surface area (Å²) in [5.74, 6) is 0.323. The number of carbonyl (C=O) groups is 1. The molecule has 0 spiro atoms. The summed E-state index contributed by atoms with van der Waals surface area (Å²) in [7, 11) is 0. The molecule has 0 aromatic heterocycles. The van der Waals surface area contributed by atoms with Gasteiger partial charge in [0, 0.05) is 6.42 Å². The molecule has 1 unspecified atom stereocenters. The Morgan fingerprint density at radius 1 is 1.29 bits per heavy atom. The summed E-state index contributed by atoms with van der Waals surface area (Å²) in [4.78, 5) is 10.8. The lowest BCUT2D eigenvalue weighted by molar-refractivity contribution is -0.138. The van der Waals surface area contributed by atoms with Gasteiger partial charge in [-0.1, -0.05) is 31.2 Å². The van der Waals surface area contributed by atoms with Gasteiger partial charge in [-0.2, -0.15) is 0 Å². The predicted octanol–water partition coefficient (Wildman–Crippen LogP) is 3.29. The summed E-state index contributed by atoms with van der Waals surface area (Å²) >= 11 is 0. The Balaban J connectivity index is 1.98. The van der Waals surface area contributed by atoms with Crippen LogP contribution in [0.1, 0.15) is 37.3 Å². The van der Waals surface area contributed by atoms with E-state index in [2.05, 4.69) is 31.2 Å². The second kappa shape index (κ2) is 5.35. The van der Waals surface area contributed by atoms with Crippen molar-refractivity contribution in [3.63, 3.8) is 0 Å². The maximum absolute atomic E-state index is 10.8. The zero-order chi connectivity index (χ0) is 12.3. The molecule has 0 aliphatic heterocycles. The molecule has 1 aliphatic carbocycles. The highest BCUT2D eigenvalue weighted by Crippen LogP contribution is 2.40. The highest BCUT2D eigenvalue weighted by Gasteiger charge is 2.32. The van der Waals surface area contributed by atoms with Crippen LogP contribution in [0.5, 0.6) is 0 Å². The van der Waals surface area contributed by atoms with Gasteiger partial charge in [-0.05, 0) is 48.6 Å². The number of carboxylic acid groups (broad SMARTS) is 1. The lowest BCUT2D eigenvalue weighted by Gasteiger charge is -2.14. The van der Waals surface area contributed by atoms with E-state index >= 15 is 0 Å². The molecule has 1 fully saturated rings. The largest absolute Gasteiger partial charge is 0.481 e. The van der Waals surface area contributed by atoms with Crippen molar-refractivity contribution in [2.45, 2.75) is 39.0 Å². The summed E-state index contributed by atoms with van der Waals surface area (Å²) in [5.41, 5.74) is 2.62. The Labute approximate surface area is 103 Å². The molecule has 1 aromatic carbocycles. The first kappa shape index (κ1) is 12.2. The van der Waals surface area contributed by atoms with Crippen LogP contribution >= 0.6 is 0 Å². The molecular formula is C15H20O2. The second-order valence-corrected chi connectivity index (χ2v) is 5.07. The van der Waals surface area contributed by atoms with Gasteiger partial charge < -0.3 is 5.11 Å². The summed E-state index contributed by atoms with van der Waals surface area (Å²) < 4.78 is 0. The van der Waals surface area contributed by atoms with Crippen molar-refractivity contribution in [3.05, 3.63) is 35.4 Å². The Morgan fingerprint density at radius 3 is 2.35 bits per heavy atom. The molecule has 0 radical (unpaired) electrons. The number of aryl methyl sites for hydroxylation is 1. The standard InChI is InChI=1S/C15H20O2/c1-2-11-3-5-12(6-4-11)9-14(10-15(16)17)13-7-8-13/h3-6,13-14H,2,7-10H2,1H3,(H,16,17). The van der Waals surface area contributed by atoms with E-state index in [1.165, 1.54) is 24.0 Å². The predicted molar refractivity (Wildman–Crippen MR) is 68.0 cm³/mol. The van der Waals surface area contributed by atoms with E-state index in [1.54, 1.807) is 0 Å². The minimum Gasteiger partial charge on any atom is -0.481 e. The van der Waals surface area contributed by atoms with E-state index in [4.69, 9.17) is 5.11 Å². The van der Waals surface area contributed by atoms with Crippen molar-refractivity contribution in [1.29, 1.82) is 0 Å². The van der Waals surface area contributed by atoms with Crippen molar-refractivity contribution >= 4 is 5.97 Å². The van der Waals surface area contributed by atoms with Gasteiger partial charge in [-0.25, -0.2) is 0 Å². The number of hydrogen-bond donors (Lipinski definition) is 1. The molecule has 0 saturated heterocycles. The molecule has 0 heterocycles. The summed E-state index contributed by atoms with van der Waals surface area (Å²) in [6.07, 6.45) is 4.72. The lowest BCUT2D eigenvalue weighted by atomic mass is 9.91. The normalized spacial score (nSPS) is 16.8. The van der Waals surface area contributed by atoms with Gasteiger partial charge in [0.15, 0.2) is 0 Å². The topological polar surface area (TPSA) is 37.3 Å². The molecule has 1 saturated carbocycles. The molecule has 0 amide bonds. The molecule has 0 bridgehead atoms. The fraction of sp³-hybridized carbons (Fsp3) is 0.533. The molecule has 2 nitrogen and oxygen atoms in total. The Kier molecular flexibility index (Phi) is 3.82. The Morgan fingerprint density at radius 2 is 1.88 bits per heavy atom. The third-order valence-corrected chi connectivity index (χ3v) is 3.65. The van der Waals surface area contributed by atoms with Crippen LogP contribution in [0.25, 0.3) is 0 Å². The van der Waals surface area contributed by atoms with Gasteiger partial charge in [0.05, 0.1) is 0 Å². The maximum Gasteiger partial charge on any atom is 0.303 e. The Hall–Kier alpha value is -1.31. The van der Waals surface area contributed by atoms with Gasteiger partial charge >= 0.3 is 5.97 Å². The highest BCUT2D eigenvalue weighted by molar-refractivity contribution is 5.67. The van der Waals surface area contributed by atoms with Crippen LogP contribution in [0.3, 0.4) is 0 Å². The maximum atomic E-state index is 10.8. The summed E-state index contributed by atoms with van der Waals surface area (Å²) in [5, 5.41) is 8.92. The van der Waals surface area contributed by atoms with E-state index in [1.807, 2.05) is 0 Å². The average Bonchev–Trinajstić information content (AvgIpc) is 3.12. The third-order valence-electron chi connectivity index (χ3n) is 3.65. The molecule has 2 heteroatoms. The molecular weight excluding hydrogens is 212 g/mol. The number of carboxylic acids is 1. The zero-order valence-electron chi connectivity index (χ0n) is 10.4. The number of aliphatic carboxylic acids is 1. The van der Waals surface area contributed by atoms with Crippen molar-refractivity contribution in [3.8, 4) is 0 Å². The minimum absolute atomic E-state index is 0.320. The molecule has 1 aromatic rings. The quantitative estimate of drug-likeness (QED) is 0.817. The van der Waals surface area contributed by atoms with E-state index in [9.17, 15) is 4.79 Å². The first-order valence-electron chi connectivity index (χ1n) is 6.48. The number of benzene rings is 1. The molecule has 1 N–H and O–H groups in total. The van der Waals surface area contributed by atoms with E-state index in [0.717, 1.165) is 12.8 Å². The summed E-state index contributed by atoms with van der Waals surface area (Å²) in [6, 6.07) is 8.60. The van der Waals surface area contributed by atoms with Crippen LogP contribution in [0.15, 0.2) is 24.3 Å².